The molecule has 0 radical (unpaired) electrons. The zero-order valence-corrected chi connectivity index (χ0v) is 13.5. The smallest absolute Gasteiger partial charge is 0.239 e. The Morgan fingerprint density at radius 1 is 1.17 bits per heavy atom. The van der Waals surface area contributed by atoms with Gasteiger partial charge in [0.1, 0.15) is 0 Å². The van der Waals surface area contributed by atoms with E-state index in [9.17, 15) is 4.79 Å². The molecule has 2 aromatic carbocycles. The Bertz CT molecular complexity index is 657. The van der Waals surface area contributed by atoms with Crippen LogP contribution in [0.4, 0.5) is 11.4 Å². The number of nitrogens with one attached hydrogen (secondary N) is 2. The number of fused-ring (bicyclic) bond motifs is 1. The van der Waals surface area contributed by atoms with Crippen molar-refractivity contribution < 1.29 is 4.79 Å². The van der Waals surface area contributed by atoms with Crippen molar-refractivity contribution in [2.24, 2.45) is 0 Å². The van der Waals surface area contributed by atoms with E-state index in [-0.39, 0.29) is 11.9 Å². The highest BCUT2D eigenvalue weighted by Gasteiger charge is 2.18. The molecule has 0 fully saturated rings. The number of rotatable bonds is 4. The van der Waals surface area contributed by atoms with E-state index in [2.05, 4.69) is 27.7 Å². The van der Waals surface area contributed by atoms with Gasteiger partial charge in [0.25, 0.3) is 0 Å². The summed E-state index contributed by atoms with van der Waals surface area (Å²) in [4.78, 5) is 14.6. The molecule has 0 bridgehead atoms. The lowest BCUT2D eigenvalue weighted by molar-refractivity contribution is -0.120. The summed E-state index contributed by atoms with van der Waals surface area (Å²) in [7, 11) is 0. The van der Waals surface area contributed by atoms with Crippen LogP contribution < -0.4 is 15.5 Å². The quantitative estimate of drug-likeness (QED) is 0.911. The number of anilines is 2. The molecule has 1 aliphatic rings. The molecule has 1 atom stereocenters. The van der Waals surface area contributed by atoms with Gasteiger partial charge in [-0.15, -0.1) is 0 Å². The molecule has 1 unspecified atom stereocenters. The minimum absolute atomic E-state index is 0.0176. The second-order valence-electron chi connectivity index (χ2n) is 5.92. The van der Waals surface area contributed by atoms with E-state index in [4.69, 9.17) is 0 Å². The molecule has 120 valence electrons. The molecule has 1 amide bonds. The van der Waals surface area contributed by atoms with E-state index in [1.54, 1.807) is 0 Å². The van der Waals surface area contributed by atoms with Crippen molar-refractivity contribution in [3.63, 3.8) is 0 Å². The summed E-state index contributed by atoms with van der Waals surface area (Å²) < 4.78 is 0. The van der Waals surface area contributed by atoms with Gasteiger partial charge in [0.2, 0.25) is 5.91 Å². The molecule has 0 spiro atoms. The number of hydrogen-bond donors (Lipinski definition) is 2. The third-order valence-electron chi connectivity index (χ3n) is 4.18. The third-order valence-corrected chi connectivity index (χ3v) is 4.18. The second-order valence-corrected chi connectivity index (χ2v) is 5.92. The lowest BCUT2D eigenvalue weighted by atomic mass is 10.1. The van der Waals surface area contributed by atoms with Crippen LogP contribution in [0.3, 0.4) is 0 Å². The van der Waals surface area contributed by atoms with Gasteiger partial charge in [-0.25, -0.2) is 0 Å². The molecule has 1 heterocycles. The van der Waals surface area contributed by atoms with Crippen LogP contribution in [-0.2, 0) is 4.79 Å². The van der Waals surface area contributed by atoms with Crippen molar-refractivity contribution >= 4 is 17.3 Å². The van der Waals surface area contributed by atoms with Crippen LogP contribution in [0.1, 0.15) is 24.9 Å². The summed E-state index contributed by atoms with van der Waals surface area (Å²) in [6.07, 6.45) is 1.02. The van der Waals surface area contributed by atoms with Gasteiger partial charge in [-0.05, 0) is 31.0 Å². The fraction of sp³-hybridized carbons (Fsp3) is 0.316. The molecular formula is C19H23N3O. The zero-order valence-electron chi connectivity index (χ0n) is 13.5. The molecule has 23 heavy (non-hydrogen) atoms. The fourth-order valence-corrected chi connectivity index (χ4v) is 2.96. The van der Waals surface area contributed by atoms with Gasteiger partial charge in [-0.3, -0.25) is 4.79 Å². The largest absolute Gasteiger partial charge is 0.383 e. The van der Waals surface area contributed by atoms with Crippen LogP contribution in [0.2, 0.25) is 0 Å². The normalized spacial score (nSPS) is 15.1. The molecule has 1 aliphatic heterocycles. The highest BCUT2D eigenvalue weighted by molar-refractivity contribution is 5.84. The van der Waals surface area contributed by atoms with E-state index in [0.29, 0.717) is 6.54 Å². The molecule has 2 N–H and O–H groups in total. The zero-order chi connectivity index (χ0) is 16.1. The number of benzene rings is 2. The van der Waals surface area contributed by atoms with Crippen LogP contribution in [0.25, 0.3) is 0 Å². The lowest BCUT2D eigenvalue weighted by Crippen LogP contribution is -2.38. The summed E-state index contributed by atoms with van der Waals surface area (Å²) in [6.45, 7) is 4.23. The van der Waals surface area contributed by atoms with Crippen LogP contribution in [0.5, 0.6) is 0 Å². The average Bonchev–Trinajstić information content (AvgIpc) is 2.78. The molecule has 0 saturated carbocycles. The third kappa shape index (κ3) is 3.83. The van der Waals surface area contributed by atoms with Crippen LogP contribution >= 0.6 is 0 Å². The highest BCUT2D eigenvalue weighted by atomic mass is 16.2. The molecule has 0 saturated heterocycles. The highest BCUT2D eigenvalue weighted by Crippen LogP contribution is 2.27. The Labute approximate surface area is 137 Å². The molecule has 2 aromatic rings. The lowest BCUT2D eigenvalue weighted by Gasteiger charge is -2.25. The van der Waals surface area contributed by atoms with E-state index < -0.39 is 0 Å². The predicted molar refractivity (Wildman–Crippen MR) is 94.8 cm³/mol. The van der Waals surface area contributed by atoms with Gasteiger partial charge < -0.3 is 15.5 Å². The van der Waals surface area contributed by atoms with Gasteiger partial charge in [0.05, 0.1) is 24.0 Å². The number of nitrogens with zero attached hydrogens (tertiary/aromatic N) is 1. The van der Waals surface area contributed by atoms with Gasteiger partial charge >= 0.3 is 0 Å². The maximum Gasteiger partial charge on any atom is 0.239 e. The number of hydrogen-bond acceptors (Lipinski definition) is 3. The maximum absolute atomic E-state index is 12.4. The number of para-hydroxylation sites is 2. The van der Waals surface area contributed by atoms with E-state index in [1.807, 2.05) is 49.4 Å². The Morgan fingerprint density at radius 3 is 2.74 bits per heavy atom. The number of carbonyl (C=O) groups is 1. The molecule has 0 aromatic heterocycles. The molecule has 0 aliphatic carbocycles. The minimum Gasteiger partial charge on any atom is -0.383 e. The Kier molecular flexibility index (Phi) is 4.81. The standard InChI is InChI=1S/C19H23N3O/c1-15(16-8-3-2-4-9-16)21-19(23)14-22-13-7-12-20-17-10-5-6-11-18(17)22/h2-6,8-11,15,20H,7,12-14H2,1H3,(H,21,23). The van der Waals surface area contributed by atoms with Crippen molar-refractivity contribution in [3.8, 4) is 0 Å². The van der Waals surface area contributed by atoms with E-state index in [0.717, 1.165) is 36.4 Å². The first-order valence-corrected chi connectivity index (χ1v) is 8.16. The van der Waals surface area contributed by atoms with Crippen molar-refractivity contribution in [2.45, 2.75) is 19.4 Å². The Balaban J connectivity index is 1.66. The first kappa shape index (κ1) is 15.4. The summed E-state index contributed by atoms with van der Waals surface area (Å²) in [6, 6.07) is 18.2. The molecule has 4 nitrogen and oxygen atoms in total. The van der Waals surface area contributed by atoms with Crippen molar-refractivity contribution in [1.82, 2.24) is 5.32 Å². The topological polar surface area (TPSA) is 44.4 Å². The maximum atomic E-state index is 12.4. The Hall–Kier alpha value is -2.49. The van der Waals surface area contributed by atoms with E-state index in [1.165, 1.54) is 0 Å². The number of amides is 1. The molecule has 3 rings (SSSR count). The molecule has 4 heteroatoms. The monoisotopic (exact) mass is 309 g/mol. The van der Waals surface area contributed by atoms with Crippen LogP contribution in [0.15, 0.2) is 54.6 Å². The van der Waals surface area contributed by atoms with Gasteiger partial charge in [-0.2, -0.15) is 0 Å². The van der Waals surface area contributed by atoms with Crippen molar-refractivity contribution in [2.75, 3.05) is 29.9 Å². The van der Waals surface area contributed by atoms with Crippen molar-refractivity contribution in [1.29, 1.82) is 0 Å². The van der Waals surface area contributed by atoms with Gasteiger partial charge in [0.15, 0.2) is 0 Å². The van der Waals surface area contributed by atoms with Crippen LogP contribution in [0, 0.1) is 0 Å². The number of carbonyl (C=O) groups excluding carboxylic acids is 1. The fourth-order valence-electron chi connectivity index (χ4n) is 2.96. The van der Waals surface area contributed by atoms with E-state index >= 15 is 0 Å². The van der Waals surface area contributed by atoms with Gasteiger partial charge in [0, 0.05) is 13.1 Å². The Morgan fingerprint density at radius 2 is 1.91 bits per heavy atom. The van der Waals surface area contributed by atoms with Gasteiger partial charge in [-0.1, -0.05) is 42.5 Å². The first-order chi connectivity index (χ1) is 11.2. The summed E-state index contributed by atoms with van der Waals surface area (Å²) in [5, 5.41) is 6.52. The predicted octanol–water partition coefficient (Wildman–Crippen LogP) is 3.19. The summed E-state index contributed by atoms with van der Waals surface area (Å²) in [5.41, 5.74) is 3.33. The van der Waals surface area contributed by atoms with Crippen LogP contribution in [-0.4, -0.2) is 25.5 Å². The first-order valence-electron chi connectivity index (χ1n) is 8.16. The van der Waals surface area contributed by atoms with Crippen molar-refractivity contribution in [3.05, 3.63) is 60.2 Å². The minimum atomic E-state index is 0.0176. The average molecular weight is 309 g/mol. The summed E-state index contributed by atoms with van der Waals surface area (Å²) in [5.74, 6) is 0.0538. The summed E-state index contributed by atoms with van der Waals surface area (Å²) >= 11 is 0. The molecular weight excluding hydrogens is 286 g/mol. The second kappa shape index (κ2) is 7.18. The SMILES string of the molecule is CC(NC(=O)CN1CCCNc2ccccc21)c1ccccc1.